The predicted molar refractivity (Wildman–Crippen MR) is 78.2 cm³/mol. The summed E-state index contributed by atoms with van der Waals surface area (Å²) in [5, 5.41) is 8.50. The number of carbonyl (C=O) groups is 1. The Balaban J connectivity index is 2.00. The minimum atomic E-state index is -4.48. The number of aryl methyl sites for hydroxylation is 1. The summed E-state index contributed by atoms with van der Waals surface area (Å²) in [6.07, 6.45) is -4.48. The highest BCUT2D eigenvalue weighted by molar-refractivity contribution is 8.00. The summed E-state index contributed by atoms with van der Waals surface area (Å²) in [5.41, 5.74) is -1.00. The standard InChI is InChI=1S/C13H11F3N4O2S/c1-7-11(18-12(22)20-19-7)23-6-10(21)17-9-4-2-3-8(5-9)13(14,15)16/h2-5H,6H2,1H3,(H,17,21)(H,18,20,22). The van der Waals surface area contributed by atoms with Crippen LogP contribution in [0.15, 0.2) is 34.1 Å². The Morgan fingerprint density at radius 3 is 2.83 bits per heavy atom. The van der Waals surface area contributed by atoms with Crippen LogP contribution in [0.2, 0.25) is 0 Å². The summed E-state index contributed by atoms with van der Waals surface area (Å²) in [7, 11) is 0. The zero-order valence-electron chi connectivity index (χ0n) is 11.8. The van der Waals surface area contributed by atoms with E-state index in [-0.39, 0.29) is 16.5 Å². The Kier molecular flexibility index (Phi) is 5.04. The second-order valence-corrected chi connectivity index (χ2v) is 5.41. The van der Waals surface area contributed by atoms with Crippen molar-refractivity contribution in [1.29, 1.82) is 0 Å². The maximum atomic E-state index is 12.6. The molecule has 0 saturated carbocycles. The van der Waals surface area contributed by atoms with Gasteiger partial charge in [-0.15, -0.1) is 0 Å². The zero-order chi connectivity index (χ0) is 17.0. The topological polar surface area (TPSA) is 87.7 Å². The molecular weight excluding hydrogens is 333 g/mol. The van der Waals surface area contributed by atoms with Crippen LogP contribution in [0.5, 0.6) is 0 Å². The first-order chi connectivity index (χ1) is 10.8. The predicted octanol–water partition coefficient (Wildman–Crippen LogP) is 2.22. The Labute approximate surface area is 132 Å². The number of H-pyrrole nitrogens is 1. The molecule has 2 rings (SSSR count). The Morgan fingerprint density at radius 2 is 2.13 bits per heavy atom. The number of amides is 1. The number of alkyl halides is 3. The molecule has 0 spiro atoms. The van der Waals surface area contributed by atoms with Gasteiger partial charge in [-0.05, 0) is 25.1 Å². The van der Waals surface area contributed by atoms with Crippen LogP contribution < -0.4 is 11.0 Å². The minimum Gasteiger partial charge on any atom is -0.325 e. The Hall–Kier alpha value is -2.36. The van der Waals surface area contributed by atoms with Crippen LogP contribution in [0.1, 0.15) is 11.3 Å². The fraction of sp³-hybridized carbons (Fsp3) is 0.231. The lowest BCUT2D eigenvalue weighted by molar-refractivity contribution is -0.137. The van der Waals surface area contributed by atoms with Crippen molar-refractivity contribution >= 4 is 23.4 Å². The summed E-state index contributed by atoms with van der Waals surface area (Å²) in [5.74, 6) is -0.634. The second-order valence-electron chi connectivity index (χ2n) is 4.45. The van der Waals surface area contributed by atoms with E-state index in [9.17, 15) is 22.8 Å². The molecule has 0 aliphatic rings. The molecule has 0 aliphatic heterocycles. The van der Waals surface area contributed by atoms with Gasteiger partial charge in [0.1, 0.15) is 5.03 Å². The summed E-state index contributed by atoms with van der Waals surface area (Å²) in [4.78, 5) is 26.5. The quantitative estimate of drug-likeness (QED) is 0.831. The average molecular weight is 344 g/mol. The fourth-order valence-corrected chi connectivity index (χ4v) is 2.36. The van der Waals surface area contributed by atoms with E-state index in [0.29, 0.717) is 5.69 Å². The van der Waals surface area contributed by atoms with Crippen LogP contribution >= 0.6 is 11.8 Å². The average Bonchev–Trinajstić information content (AvgIpc) is 2.47. The molecule has 122 valence electrons. The smallest absolute Gasteiger partial charge is 0.325 e. The van der Waals surface area contributed by atoms with Crippen LogP contribution in [0.4, 0.5) is 18.9 Å². The van der Waals surface area contributed by atoms with Gasteiger partial charge < -0.3 is 5.32 Å². The monoisotopic (exact) mass is 344 g/mol. The molecule has 0 saturated heterocycles. The molecule has 10 heteroatoms. The molecule has 1 amide bonds. The molecular formula is C13H11F3N4O2S. The normalized spacial score (nSPS) is 11.3. The van der Waals surface area contributed by atoms with Gasteiger partial charge in [0.15, 0.2) is 0 Å². The van der Waals surface area contributed by atoms with Gasteiger partial charge >= 0.3 is 11.9 Å². The lowest BCUT2D eigenvalue weighted by Gasteiger charge is -2.09. The highest BCUT2D eigenvalue weighted by atomic mass is 32.2. The fourth-order valence-electron chi connectivity index (χ4n) is 1.62. The maximum Gasteiger partial charge on any atom is 0.416 e. The molecule has 1 aromatic carbocycles. The number of hydrogen-bond acceptors (Lipinski definition) is 5. The van der Waals surface area contributed by atoms with E-state index < -0.39 is 23.3 Å². The van der Waals surface area contributed by atoms with Gasteiger partial charge in [0.25, 0.3) is 0 Å². The van der Waals surface area contributed by atoms with Crippen molar-refractivity contribution in [3.05, 3.63) is 46.0 Å². The van der Waals surface area contributed by atoms with E-state index in [0.717, 1.165) is 23.9 Å². The van der Waals surface area contributed by atoms with Crippen molar-refractivity contribution < 1.29 is 18.0 Å². The molecule has 0 unspecified atom stereocenters. The van der Waals surface area contributed by atoms with E-state index in [1.54, 1.807) is 6.92 Å². The molecule has 0 radical (unpaired) electrons. The van der Waals surface area contributed by atoms with Gasteiger partial charge in [-0.1, -0.05) is 17.8 Å². The molecule has 6 nitrogen and oxygen atoms in total. The highest BCUT2D eigenvalue weighted by Crippen LogP contribution is 2.30. The number of halogens is 3. The highest BCUT2D eigenvalue weighted by Gasteiger charge is 2.30. The summed E-state index contributed by atoms with van der Waals surface area (Å²) in [6, 6.07) is 4.33. The van der Waals surface area contributed by atoms with E-state index >= 15 is 0 Å². The number of carbonyl (C=O) groups excluding carboxylic acids is 1. The number of hydrogen-bond donors (Lipinski definition) is 2. The van der Waals surface area contributed by atoms with Crippen molar-refractivity contribution in [2.45, 2.75) is 18.1 Å². The maximum absolute atomic E-state index is 12.6. The Bertz CT molecular complexity index is 776. The van der Waals surface area contributed by atoms with Gasteiger partial charge in [0.2, 0.25) is 5.91 Å². The third-order valence-electron chi connectivity index (χ3n) is 2.65. The molecule has 2 N–H and O–H groups in total. The van der Waals surface area contributed by atoms with Gasteiger partial charge in [0.05, 0.1) is 17.0 Å². The zero-order valence-corrected chi connectivity index (χ0v) is 12.6. The van der Waals surface area contributed by atoms with Gasteiger partial charge in [0, 0.05) is 5.69 Å². The van der Waals surface area contributed by atoms with Crippen LogP contribution in [0.3, 0.4) is 0 Å². The number of benzene rings is 1. The largest absolute Gasteiger partial charge is 0.416 e. The SMILES string of the molecule is Cc1n[nH]c(=O)nc1SCC(=O)Nc1cccc(C(F)(F)F)c1. The molecule has 0 bridgehead atoms. The summed E-state index contributed by atoms with van der Waals surface area (Å²) >= 11 is 0.970. The molecule has 0 aliphatic carbocycles. The number of anilines is 1. The number of thioether (sulfide) groups is 1. The molecule has 2 aromatic rings. The summed E-state index contributed by atoms with van der Waals surface area (Å²) in [6.45, 7) is 1.61. The molecule has 0 fully saturated rings. The van der Waals surface area contributed by atoms with Crippen molar-refractivity contribution in [2.24, 2.45) is 0 Å². The van der Waals surface area contributed by atoms with Gasteiger partial charge in [-0.2, -0.15) is 23.3 Å². The van der Waals surface area contributed by atoms with Gasteiger partial charge in [-0.25, -0.2) is 9.89 Å². The van der Waals surface area contributed by atoms with E-state index in [1.165, 1.54) is 12.1 Å². The number of aromatic nitrogens is 3. The molecule has 1 aromatic heterocycles. The van der Waals surface area contributed by atoms with E-state index in [4.69, 9.17) is 0 Å². The van der Waals surface area contributed by atoms with Crippen LogP contribution in [-0.2, 0) is 11.0 Å². The molecule has 1 heterocycles. The first kappa shape index (κ1) is 17.0. The third kappa shape index (κ3) is 4.81. The van der Waals surface area contributed by atoms with Crippen molar-refractivity contribution in [2.75, 3.05) is 11.1 Å². The van der Waals surface area contributed by atoms with Crippen molar-refractivity contribution in [1.82, 2.24) is 15.2 Å². The summed E-state index contributed by atoms with van der Waals surface area (Å²) < 4.78 is 37.8. The third-order valence-corrected chi connectivity index (χ3v) is 3.71. The van der Waals surface area contributed by atoms with E-state index in [1.807, 2.05) is 0 Å². The number of rotatable bonds is 4. The number of aromatic amines is 1. The number of nitrogens with one attached hydrogen (secondary N) is 2. The lowest BCUT2D eigenvalue weighted by Crippen LogP contribution is -2.17. The van der Waals surface area contributed by atoms with Crippen molar-refractivity contribution in [3.63, 3.8) is 0 Å². The van der Waals surface area contributed by atoms with Crippen LogP contribution in [0, 0.1) is 6.92 Å². The van der Waals surface area contributed by atoms with Crippen LogP contribution in [0.25, 0.3) is 0 Å². The Morgan fingerprint density at radius 1 is 1.39 bits per heavy atom. The lowest BCUT2D eigenvalue weighted by atomic mass is 10.2. The number of nitrogens with zero attached hydrogens (tertiary/aromatic N) is 2. The molecule has 23 heavy (non-hydrogen) atoms. The molecule has 0 atom stereocenters. The first-order valence-electron chi connectivity index (χ1n) is 6.29. The van der Waals surface area contributed by atoms with Crippen molar-refractivity contribution in [3.8, 4) is 0 Å². The van der Waals surface area contributed by atoms with Crippen LogP contribution in [-0.4, -0.2) is 26.8 Å². The first-order valence-corrected chi connectivity index (χ1v) is 7.27. The minimum absolute atomic E-state index is 0.0409. The second kappa shape index (κ2) is 6.82. The van der Waals surface area contributed by atoms with E-state index in [2.05, 4.69) is 20.5 Å². The van der Waals surface area contributed by atoms with Gasteiger partial charge in [-0.3, -0.25) is 4.79 Å².